The van der Waals surface area contributed by atoms with Gasteiger partial charge in [0.25, 0.3) is 5.69 Å². The minimum atomic E-state index is -0.511. The van der Waals surface area contributed by atoms with Crippen LogP contribution in [-0.2, 0) is 11.3 Å². The van der Waals surface area contributed by atoms with Gasteiger partial charge in [0, 0.05) is 29.9 Å². The van der Waals surface area contributed by atoms with Crippen LogP contribution in [0.1, 0.15) is 12.5 Å². The molecule has 7 heteroatoms. The van der Waals surface area contributed by atoms with Gasteiger partial charge in [0.05, 0.1) is 11.0 Å². The number of benzene rings is 2. The Morgan fingerprint density at radius 2 is 2.00 bits per heavy atom. The fourth-order valence-electron chi connectivity index (χ4n) is 2.19. The number of amides is 1. The second kappa shape index (κ2) is 7.56. The summed E-state index contributed by atoms with van der Waals surface area (Å²) in [6.07, 6.45) is 0. The zero-order chi connectivity index (χ0) is 17.7. The van der Waals surface area contributed by atoms with E-state index in [1.165, 1.54) is 18.2 Å². The Morgan fingerprint density at radius 3 is 2.67 bits per heavy atom. The van der Waals surface area contributed by atoms with Crippen molar-refractivity contribution in [1.29, 1.82) is 0 Å². The molecule has 2 rings (SSSR count). The summed E-state index contributed by atoms with van der Waals surface area (Å²) in [5.74, 6) is -0.107. The second-order valence-electron chi connectivity index (χ2n) is 5.52. The molecule has 0 bridgehead atoms. The van der Waals surface area contributed by atoms with Crippen LogP contribution in [-0.4, -0.2) is 33.9 Å². The molecule has 0 saturated carbocycles. The number of nitro groups is 1. The number of phenols is 1. The Bertz CT molecular complexity index is 748. The van der Waals surface area contributed by atoms with Gasteiger partial charge in [-0.2, -0.15) is 0 Å². The number of aromatic hydroxyl groups is 1. The Morgan fingerprint density at radius 1 is 1.29 bits per heavy atom. The van der Waals surface area contributed by atoms with Crippen LogP contribution < -0.4 is 5.32 Å². The molecule has 0 unspecified atom stereocenters. The molecule has 0 fully saturated rings. The minimum absolute atomic E-state index is 0.0805. The van der Waals surface area contributed by atoms with E-state index >= 15 is 0 Å². The van der Waals surface area contributed by atoms with Crippen LogP contribution >= 0.6 is 0 Å². The van der Waals surface area contributed by atoms with Crippen molar-refractivity contribution in [2.24, 2.45) is 0 Å². The number of non-ortho nitro benzene ring substituents is 1. The van der Waals surface area contributed by atoms with Crippen molar-refractivity contribution in [3.8, 4) is 5.75 Å². The average Bonchev–Trinajstić information content (AvgIpc) is 2.56. The lowest BCUT2D eigenvalue weighted by Gasteiger charge is -2.24. The van der Waals surface area contributed by atoms with Crippen LogP contribution in [0.15, 0.2) is 48.5 Å². The van der Waals surface area contributed by atoms with E-state index in [0.717, 1.165) is 5.56 Å². The number of para-hydroxylation sites is 1. The topological polar surface area (TPSA) is 95.7 Å². The number of hydrogen-bond donors (Lipinski definition) is 2. The largest absolute Gasteiger partial charge is 0.508 e. The van der Waals surface area contributed by atoms with Gasteiger partial charge in [0.1, 0.15) is 5.75 Å². The van der Waals surface area contributed by atoms with E-state index in [0.29, 0.717) is 12.2 Å². The van der Waals surface area contributed by atoms with Gasteiger partial charge < -0.3 is 10.4 Å². The van der Waals surface area contributed by atoms with Gasteiger partial charge in [-0.25, -0.2) is 0 Å². The summed E-state index contributed by atoms with van der Waals surface area (Å²) in [5.41, 5.74) is 1.01. The van der Waals surface area contributed by atoms with Gasteiger partial charge in [-0.1, -0.05) is 24.3 Å². The summed E-state index contributed by atoms with van der Waals surface area (Å²) in [6.45, 7) is 2.13. The highest BCUT2D eigenvalue weighted by Crippen LogP contribution is 2.20. The molecule has 2 N–H and O–H groups in total. The number of rotatable bonds is 6. The fraction of sp³-hybridized carbons (Fsp3) is 0.235. The van der Waals surface area contributed by atoms with Gasteiger partial charge in [-0.3, -0.25) is 19.8 Å². The highest BCUT2D eigenvalue weighted by molar-refractivity contribution is 5.94. The van der Waals surface area contributed by atoms with E-state index in [4.69, 9.17) is 0 Å². The first-order valence-electron chi connectivity index (χ1n) is 7.41. The summed E-state index contributed by atoms with van der Waals surface area (Å²) in [6, 6.07) is 12.2. The standard InChI is InChI=1S/C17H19N3O4/c1-12(19(2)11-13-6-3-4-9-16(13)21)17(22)18-14-7-5-8-15(10-14)20(23)24/h3-10,12,21H,11H2,1-2H3,(H,18,22)/t12-/m0/s1. The molecule has 2 aromatic rings. The van der Waals surface area contributed by atoms with E-state index in [1.807, 2.05) is 6.07 Å². The number of phenolic OH excluding ortho intramolecular Hbond substituents is 1. The first-order valence-corrected chi connectivity index (χ1v) is 7.41. The van der Waals surface area contributed by atoms with E-state index in [9.17, 15) is 20.0 Å². The molecule has 0 aromatic heterocycles. The summed E-state index contributed by atoms with van der Waals surface area (Å²) < 4.78 is 0. The molecule has 0 radical (unpaired) electrons. The third-order valence-corrected chi connectivity index (χ3v) is 3.78. The quantitative estimate of drug-likeness (QED) is 0.627. The smallest absolute Gasteiger partial charge is 0.271 e. The molecule has 24 heavy (non-hydrogen) atoms. The number of likely N-dealkylation sites (N-methyl/N-ethyl adjacent to an activating group) is 1. The molecule has 0 heterocycles. The Kier molecular flexibility index (Phi) is 5.49. The predicted octanol–water partition coefficient (Wildman–Crippen LogP) is 2.76. The summed E-state index contributed by atoms with van der Waals surface area (Å²) in [5, 5.41) is 23.3. The van der Waals surface area contributed by atoms with Crippen LogP contribution in [0.4, 0.5) is 11.4 Å². The van der Waals surface area contributed by atoms with Crippen molar-refractivity contribution < 1.29 is 14.8 Å². The number of anilines is 1. The van der Waals surface area contributed by atoms with Crippen LogP contribution in [0, 0.1) is 10.1 Å². The van der Waals surface area contributed by atoms with Crippen molar-refractivity contribution in [3.05, 3.63) is 64.2 Å². The number of nitro benzene ring substituents is 1. The van der Waals surface area contributed by atoms with Crippen LogP contribution in [0.25, 0.3) is 0 Å². The molecule has 0 aliphatic carbocycles. The van der Waals surface area contributed by atoms with Gasteiger partial charge in [0.2, 0.25) is 5.91 Å². The van der Waals surface area contributed by atoms with E-state index < -0.39 is 11.0 Å². The monoisotopic (exact) mass is 329 g/mol. The fourth-order valence-corrected chi connectivity index (χ4v) is 2.19. The molecule has 0 spiro atoms. The van der Waals surface area contributed by atoms with Crippen molar-refractivity contribution in [2.45, 2.75) is 19.5 Å². The molecule has 0 saturated heterocycles. The van der Waals surface area contributed by atoms with Crippen molar-refractivity contribution in [1.82, 2.24) is 4.90 Å². The van der Waals surface area contributed by atoms with Crippen molar-refractivity contribution in [3.63, 3.8) is 0 Å². The highest BCUT2D eigenvalue weighted by atomic mass is 16.6. The molecule has 7 nitrogen and oxygen atoms in total. The van der Waals surface area contributed by atoms with E-state index in [2.05, 4.69) is 5.32 Å². The number of nitrogens with one attached hydrogen (secondary N) is 1. The first-order chi connectivity index (χ1) is 11.4. The zero-order valence-electron chi connectivity index (χ0n) is 13.5. The van der Waals surface area contributed by atoms with E-state index in [-0.39, 0.29) is 17.3 Å². The van der Waals surface area contributed by atoms with Crippen LogP contribution in [0.5, 0.6) is 5.75 Å². The summed E-state index contributed by atoms with van der Waals surface area (Å²) >= 11 is 0. The maximum Gasteiger partial charge on any atom is 0.271 e. The lowest BCUT2D eigenvalue weighted by molar-refractivity contribution is -0.384. The molecule has 1 amide bonds. The minimum Gasteiger partial charge on any atom is -0.508 e. The Hall–Kier alpha value is -2.93. The molecule has 0 aliphatic rings. The lowest BCUT2D eigenvalue weighted by atomic mass is 10.1. The molecule has 1 atom stereocenters. The van der Waals surface area contributed by atoms with Gasteiger partial charge in [0.15, 0.2) is 0 Å². The van der Waals surface area contributed by atoms with Gasteiger partial charge in [-0.05, 0) is 26.1 Å². The Labute approximate surface area is 139 Å². The number of hydrogen-bond acceptors (Lipinski definition) is 5. The number of carbonyl (C=O) groups is 1. The number of carbonyl (C=O) groups excluding carboxylic acids is 1. The summed E-state index contributed by atoms with van der Waals surface area (Å²) in [4.78, 5) is 24.4. The maximum absolute atomic E-state index is 12.3. The average molecular weight is 329 g/mol. The normalized spacial score (nSPS) is 12.0. The van der Waals surface area contributed by atoms with E-state index in [1.54, 1.807) is 43.1 Å². The SMILES string of the molecule is C[C@@H](C(=O)Nc1cccc([N+](=O)[O-])c1)N(C)Cc1ccccc1O. The predicted molar refractivity (Wildman–Crippen MR) is 90.8 cm³/mol. The molecule has 0 aliphatic heterocycles. The third kappa shape index (κ3) is 4.30. The van der Waals surface area contributed by atoms with Crippen molar-refractivity contribution in [2.75, 3.05) is 12.4 Å². The highest BCUT2D eigenvalue weighted by Gasteiger charge is 2.19. The molecular weight excluding hydrogens is 310 g/mol. The van der Waals surface area contributed by atoms with Gasteiger partial charge in [-0.15, -0.1) is 0 Å². The molecule has 2 aromatic carbocycles. The van der Waals surface area contributed by atoms with Crippen LogP contribution in [0.2, 0.25) is 0 Å². The first kappa shape index (κ1) is 17.4. The lowest BCUT2D eigenvalue weighted by Crippen LogP contribution is -2.39. The zero-order valence-corrected chi connectivity index (χ0v) is 13.5. The molecule has 126 valence electrons. The second-order valence-corrected chi connectivity index (χ2v) is 5.52. The third-order valence-electron chi connectivity index (χ3n) is 3.78. The number of nitrogens with zero attached hydrogens (tertiary/aromatic N) is 2. The maximum atomic E-state index is 12.3. The van der Waals surface area contributed by atoms with Crippen LogP contribution in [0.3, 0.4) is 0 Å². The molecular formula is C17H19N3O4. The Balaban J connectivity index is 2.02. The van der Waals surface area contributed by atoms with Crippen molar-refractivity contribution >= 4 is 17.3 Å². The summed E-state index contributed by atoms with van der Waals surface area (Å²) in [7, 11) is 1.77. The van der Waals surface area contributed by atoms with Gasteiger partial charge >= 0.3 is 0 Å².